The summed E-state index contributed by atoms with van der Waals surface area (Å²) in [5.74, 6) is -0.299. The van der Waals surface area contributed by atoms with E-state index in [0.29, 0.717) is 18.5 Å². The van der Waals surface area contributed by atoms with E-state index in [4.69, 9.17) is 5.11 Å². The van der Waals surface area contributed by atoms with Gasteiger partial charge in [-0.05, 0) is 61.4 Å². The first-order valence-corrected chi connectivity index (χ1v) is 11.0. The lowest BCUT2D eigenvalue weighted by molar-refractivity contribution is -0.137. The van der Waals surface area contributed by atoms with Gasteiger partial charge < -0.3 is 15.3 Å². The van der Waals surface area contributed by atoms with Gasteiger partial charge >= 0.3 is 5.97 Å². The molecule has 0 bridgehead atoms. The standard InChI is InChI=1S/C25H31FN2O2/c26-22-9-5-4-8-20(22)17-25(11-14-28(15-12-25)13-10-24(29)30)18-27-23-16-21(23)19-6-2-1-3-7-19/h1-9,21,23,27H,10-18H2,(H,29,30). The summed E-state index contributed by atoms with van der Waals surface area (Å²) < 4.78 is 14.4. The Morgan fingerprint density at radius 3 is 2.50 bits per heavy atom. The highest BCUT2D eigenvalue weighted by Gasteiger charge is 2.41. The van der Waals surface area contributed by atoms with E-state index in [-0.39, 0.29) is 17.7 Å². The van der Waals surface area contributed by atoms with Crippen LogP contribution in [-0.4, -0.2) is 48.2 Å². The lowest BCUT2D eigenvalue weighted by Gasteiger charge is -2.42. The molecule has 2 fully saturated rings. The second-order valence-electron chi connectivity index (χ2n) is 8.99. The molecule has 2 N–H and O–H groups in total. The van der Waals surface area contributed by atoms with E-state index in [1.54, 1.807) is 12.1 Å². The molecule has 160 valence electrons. The first-order valence-electron chi connectivity index (χ1n) is 11.0. The van der Waals surface area contributed by atoms with Crippen LogP contribution in [0.4, 0.5) is 4.39 Å². The number of hydrogen-bond donors (Lipinski definition) is 2. The van der Waals surface area contributed by atoms with Gasteiger partial charge in [-0.3, -0.25) is 4.79 Å². The second-order valence-corrected chi connectivity index (χ2v) is 8.99. The number of rotatable bonds is 9. The highest BCUT2D eigenvalue weighted by atomic mass is 19.1. The van der Waals surface area contributed by atoms with Crippen molar-refractivity contribution in [3.63, 3.8) is 0 Å². The van der Waals surface area contributed by atoms with Crippen LogP contribution in [0.1, 0.15) is 42.7 Å². The average Bonchev–Trinajstić information content (AvgIpc) is 3.54. The topological polar surface area (TPSA) is 52.6 Å². The number of carbonyl (C=O) groups is 1. The number of carboxylic acid groups (broad SMARTS) is 1. The summed E-state index contributed by atoms with van der Waals surface area (Å²) in [5, 5.41) is 12.8. The number of nitrogens with zero attached hydrogens (tertiary/aromatic N) is 1. The van der Waals surface area contributed by atoms with Gasteiger partial charge in [-0.15, -0.1) is 0 Å². The van der Waals surface area contributed by atoms with E-state index in [9.17, 15) is 9.18 Å². The van der Waals surface area contributed by atoms with Crippen molar-refractivity contribution in [3.8, 4) is 0 Å². The smallest absolute Gasteiger partial charge is 0.304 e. The molecule has 1 aliphatic carbocycles. The van der Waals surface area contributed by atoms with Gasteiger partial charge in [0.1, 0.15) is 5.82 Å². The molecular formula is C25H31FN2O2. The molecule has 30 heavy (non-hydrogen) atoms. The van der Waals surface area contributed by atoms with Gasteiger partial charge in [0.2, 0.25) is 0 Å². The Morgan fingerprint density at radius 1 is 1.10 bits per heavy atom. The second kappa shape index (κ2) is 9.27. The van der Waals surface area contributed by atoms with Crippen molar-refractivity contribution in [1.82, 2.24) is 10.2 Å². The number of piperidine rings is 1. The fourth-order valence-corrected chi connectivity index (χ4v) is 4.80. The van der Waals surface area contributed by atoms with Crippen LogP contribution in [0, 0.1) is 11.2 Å². The Hall–Kier alpha value is -2.24. The third kappa shape index (κ3) is 5.27. The Morgan fingerprint density at radius 2 is 1.80 bits per heavy atom. The highest BCUT2D eigenvalue weighted by molar-refractivity contribution is 5.66. The molecule has 2 aromatic rings. The SMILES string of the molecule is O=C(O)CCN1CCC(CNC2CC2c2ccccc2)(Cc2ccccc2F)CC1. The van der Waals surface area contributed by atoms with Crippen molar-refractivity contribution >= 4 is 5.97 Å². The van der Waals surface area contributed by atoms with Crippen LogP contribution in [0.5, 0.6) is 0 Å². The van der Waals surface area contributed by atoms with E-state index in [1.165, 1.54) is 5.56 Å². The molecule has 1 saturated heterocycles. The summed E-state index contributed by atoms with van der Waals surface area (Å²) in [6.45, 7) is 3.21. The molecule has 1 aliphatic heterocycles. The predicted molar refractivity (Wildman–Crippen MR) is 116 cm³/mol. The van der Waals surface area contributed by atoms with Crippen molar-refractivity contribution in [3.05, 3.63) is 71.5 Å². The maximum absolute atomic E-state index is 14.4. The van der Waals surface area contributed by atoms with Crippen LogP contribution in [0.2, 0.25) is 0 Å². The van der Waals surface area contributed by atoms with E-state index >= 15 is 0 Å². The lowest BCUT2D eigenvalue weighted by atomic mass is 9.73. The molecule has 5 heteroatoms. The number of nitrogens with one attached hydrogen (secondary N) is 1. The number of likely N-dealkylation sites (tertiary alicyclic amines) is 1. The molecule has 1 saturated carbocycles. The number of hydrogen-bond acceptors (Lipinski definition) is 3. The lowest BCUT2D eigenvalue weighted by Crippen LogP contribution is -2.47. The van der Waals surface area contributed by atoms with E-state index in [2.05, 4.69) is 40.5 Å². The number of halogens is 1. The van der Waals surface area contributed by atoms with Gasteiger partial charge in [-0.25, -0.2) is 4.39 Å². The van der Waals surface area contributed by atoms with Crippen molar-refractivity contribution in [2.24, 2.45) is 5.41 Å². The van der Waals surface area contributed by atoms with Crippen molar-refractivity contribution in [2.75, 3.05) is 26.2 Å². The summed E-state index contributed by atoms with van der Waals surface area (Å²) in [6, 6.07) is 18.2. The first kappa shape index (κ1) is 21.0. The highest BCUT2D eigenvalue weighted by Crippen LogP contribution is 2.42. The Kier molecular flexibility index (Phi) is 6.49. The molecule has 2 atom stereocenters. The normalized spacial score (nSPS) is 23.2. The van der Waals surface area contributed by atoms with E-state index in [1.807, 2.05) is 12.1 Å². The zero-order chi connectivity index (χ0) is 21.0. The van der Waals surface area contributed by atoms with Crippen molar-refractivity contribution in [1.29, 1.82) is 0 Å². The van der Waals surface area contributed by atoms with Crippen molar-refractivity contribution < 1.29 is 14.3 Å². The van der Waals surface area contributed by atoms with Crippen LogP contribution in [0.3, 0.4) is 0 Å². The fourth-order valence-electron chi connectivity index (χ4n) is 4.80. The van der Waals surface area contributed by atoms with Crippen LogP contribution in [0.25, 0.3) is 0 Å². The molecule has 2 aromatic carbocycles. The van der Waals surface area contributed by atoms with Crippen LogP contribution in [-0.2, 0) is 11.2 Å². The summed E-state index contributed by atoms with van der Waals surface area (Å²) in [7, 11) is 0. The summed E-state index contributed by atoms with van der Waals surface area (Å²) >= 11 is 0. The summed E-state index contributed by atoms with van der Waals surface area (Å²) in [6.07, 6.45) is 3.97. The quantitative estimate of drug-likeness (QED) is 0.654. The summed E-state index contributed by atoms with van der Waals surface area (Å²) in [4.78, 5) is 13.1. The molecule has 0 spiro atoms. The molecule has 2 unspecified atom stereocenters. The van der Waals surface area contributed by atoms with Crippen LogP contribution in [0.15, 0.2) is 54.6 Å². The molecule has 0 radical (unpaired) electrons. The minimum absolute atomic E-state index is 0.00570. The van der Waals surface area contributed by atoms with E-state index in [0.717, 1.165) is 50.9 Å². The molecule has 0 aromatic heterocycles. The first-order chi connectivity index (χ1) is 14.5. The number of carboxylic acids is 1. The minimum atomic E-state index is -0.749. The monoisotopic (exact) mass is 410 g/mol. The molecule has 4 nitrogen and oxygen atoms in total. The average molecular weight is 411 g/mol. The van der Waals surface area contributed by atoms with Gasteiger partial charge in [-0.2, -0.15) is 0 Å². The predicted octanol–water partition coefficient (Wildman–Crippen LogP) is 4.07. The van der Waals surface area contributed by atoms with Gasteiger partial charge in [0.15, 0.2) is 0 Å². The zero-order valence-corrected chi connectivity index (χ0v) is 17.4. The van der Waals surface area contributed by atoms with Crippen LogP contribution >= 0.6 is 0 Å². The number of benzene rings is 2. The molecule has 0 amide bonds. The maximum atomic E-state index is 14.4. The fraction of sp³-hybridized carbons (Fsp3) is 0.480. The van der Waals surface area contributed by atoms with Gasteiger partial charge in [0, 0.05) is 25.0 Å². The van der Waals surface area contributed by atoms with Gasteiger partial charge in [0.25, 0.3) is 0 Å². The Labute approximate surface area is 178 Å². The Bertz CT molecular complexity index is 849. The summed E-state index contributed by atoms with van der Waals surface area (Å²) in [5.41, 5.74) is 2.18. The third-order valence-electron chi connectivity index (χ3n) is 6.84. The van der Waals surface area contributed by atoms with Crippen molar-refractivity contribution in [2.45, 2.75) is 44.1 Å². The molecule has 1 heterocycles. The molecule has 2 aliphatic rings. The van der Waals surface area contributed by atoms with Crippen LogP contribution < -0.4 is 5.32 Å². The number of aliphatic carboxylic acids is 1. The van der Waals surface area contributed by atoms with Gasteiger partial charge in [-0.1, -0.05) is 48.5 Å². The largest absolute Gasteiger partial charge is 0.481 e. The molecule has 4 rings (SSSR count). The maximum Gasteiger partial charge on any atom is 0.304 e. The Balaban J connectivity index is 1.39. The van der Waals surface area contributed by atoms with E-state index < -0.39 is 5.97 Å². The third-order valence-corrected chi connectivity index (χ3v) is 6.84. The minimum Gasteiger partial charge on any atom is -0.481 e. The zero-order valence-electron chi connectivity index (χ0n) is 17.4. The molecular weight excluding hydrogens is 379 g/mol. The van der Waals surface area contributed by atoms with Gasteiger partial charge in [0.05, 0.1) is 6.42 Å².